The standard InChI is InChI=1S/C20H16N4OS.C9H8N4O/c1-3-17-18(15-7-5-4-6-8-15)19(25)24-16(13-26-20(24)22-17)10-9-14-11-21-23(2)12-14;10-8-6(9(11)14)7-5(4-13-8)2-1-3-12-7/h4-8,11-13H,3H2,1-2H3;1-4H,(H2,10,13)(H2,11,14). The summed E-state index contributed by atoms with van der Waals surface area (Å²) in [6.07, 6.45) is 7.38. The Morgan fingerprint density at radius 1 is 1.07 bits per heavy atom. The summed E-state index contributed by atoms with van der Waals surface area (Å²) in [4.78, 5) is 37.6. The number of thiazole rings is 1. The van der Waals surface area contributed by atoms with E-state index in [1.165, 1.54) is 11.3 Å². The van der Waals surface area contributed by atoms with Gasteiger partial charge in [0, 0.05) is 36.4 Å². The van der Waals surface area contributed by atoms with Crippen molar-refractivity contribution < 1.29 is 4.79 Å². The molecule has 0 aliphatic carbocycles. The molecule has 0 fully saturated rings. The van der Waals surface area contributed by atoms with E-state index in [1.54, 1.807) is 39.8 Å². The third kappa shape index (κ3) is 5.16. The van der Waals surface area contributed by atoms with Gasteiger partial charge in [-0.15, -0.1) is 11.3 Å². The number of aryl methyl sites for hydroxylation is 2. The number of nitrogens with two attached hydrogens (primary N) is 2. The largest absolute Gasteiger partial charge is 0.383 e. The van der Waals surface area contributed by atoms with Gasteiger partial charge in [-0.2, -0.15) is 5.10 Å². The number of fused-ring (bicyclic) bond motifs is 2. The molecule has 1 aromatic carbocycles. The van der Waals surface area contributed by atoms with E-state index in [-0.39, 0.29) is 16.9 Å². The molecule has 0 radical (unpaired) electrons. The first kappa shape index (κ1) is 26.3. The minimum absolute atomic E-state index is 0.0743. The number of carbonyl (C=O) groups excluding carboxylic acids is 1. The fraction of sp³-hybridized carbons (Fsp3) is 0.103. The molecule has 0 saturated heterocycles. The summed E-state index contributed by atoms with van der Waals surface area (Å²) in [6.45, 7) is 2.02. The number of amides is 1. The van der Waals surface area contributed by atoms with Crippen LogP contribution >= 0.6 is 11.3 Å². The molecule has 4 N–H and O–H groups in total. The highest BCUT2D eigenvalue weighted by atomic mass is 32.1. The number of hydrogen-bond acceptors (Lipinski definition) is 8. The lowest BCUT2D eigenvalue weighted by Crippen LogP contribution is -2.19. The van der Waals surface area contributed by atoms with Crippen molar-refractivity contribution >= 4 is 38.9 Å². The molecule has 0 spiro atoms. The quantitative estimate of drug-likeness (QED) is 0.322. The molecule has 6 rings (SSSR count). The van der Waals surface area contributed by atoms with Crippen molar-refractivity contribution in [2.75, 3.05) is 5.73 Å². The number of rotatable bonds is 3. The Hall–Kier alpha value is -5.34. The number of aromatic nitrogens is 6. The summed E-state index contributed by atoms with van der Waals surface area (Å²) in [7, 11) is 1.85. The van der Waals surface area contributed by atoms with Crippen molar-refractivity contribution in [3.8, 4) is 23.0 Å². The second kappa shape index (κ2) is 11.2. The molecule has 0 unspecified atom stereocenters. The van der Waals surface area contributed by atoms with Gasteiger partial charge in [0.2, 0.25) is 0 Å². The monoisotopic (exact) mass is 548 g/mol. The Labute approximate surface area is 233 Å². The molecule has 0 bridgehead atoms. The van der Waals surface area contributed by atoms with Gasteiger partial charge in [-0.25, -0.2) is 14.4 Å². The van der Waals surface area contributed by atoms with E-state index in [4.69, 9.17) is 16.5 Å². The summed E-state index contributed by atoms with van der Waals surface area (Å²) in [6, 6.07) is 13.2. The Balaban J connectivity index is 0.000000194. The molecular formula is C29H24N8O2S. The van der Waals surface area contributed by atoms with Gasteiger partial charge in [-0.1, -0.05) is 43.2 Å². The second-order valence-electron chi connectivity index (χ2n) is 8.67. The van der Waals surface area contributed by atoms with Crippen LogP contribution in [-0.4, -0.2) is 35.0 Å². The van der Waals surface area contributed by atoms with Crippen LogP contribution in [0.25, 0.3) is 27.0 Å². The summed E-state index contributed by atoms with van der Waals surface area (Å²) in [5.41, 5.74) is 15.1. The van der Waals surface area contributed by atoms with Crippen LogP contribution in [-0.2, 0) is 13.5 Å². The van der Waals surface area contributed by atoms with Crippen LogP contribution < -0.4 is 17.0 Å². The predicted molar refractivity (Wildman–Crippen MR) is 156 cm³/mol. The zero-order chi connectivity index (χ0) is 28.2. The molecule has 0 aliphatic heterocycles. The number of carbonyl (C=O) groups is 1. The first-order valence-corrected chi connectivity index (χ1v) is 13.1. The number of anilines is 1. The van der Waals surface area contributed by atoms with Crippen molar-refractivity contribution in [1.82, 2.24) is 29.1 Å². The second-order valence-corrected chi connectivity index (χ2v) is 9.51. The molecule has 11 heteroatoms. The summed E-state index contributed by atoms with van der Waals surface area (Å²) < 4.78 is 3.31. The molecule has 5 aromatic heterocycles. The first-order valence-electron chi connectivity index (χ1n) is 12.3. The lowest BCUT2D eigenvalue weighted by atomic mass is 10.0. The maximum absolute atomic E-state index is 13.3. The lowest BCUT2D eigenvalue weighted by Gasteiger charge is -2.07. The van der Waals surface area contributed by atoms with E-state index in [0.717, 1.165) is 22.2 Å². The zero-order valence-electron chi connectivity index (χ0n) is 21.7. The van der Waals surface area contributed by atoms with Gasteiger partial charge in [0.15, 0.2) is 4.96 Å². The minimum Gasteiger partial charge on any atom is -0.383 e. The molecule has 1 amide bonds. The van der Waals surface area contributed by atoms with E-state index in [9.17, 15) is 9.59 Å². The van der Waals surface area contributed by atoms with Gasteiger partial charge in [-0.05, 0) is 30.0 Å². The van der Waals surface area contributed by atoms with Gasteiger partial charge in [0.05, 0.1) is 28.5 Å². The number of hydrogen-bond donors (Lipinski definition) is 2. The number of primary amides is 1. The van der Waals surface area contributed by atoms with Crippen LogP contribution in [0.5, 0.6) is 0 Å². The van der Waals surface area contributed by atoms with Crippen LogP contribution in [0.2, 0.25) is 0 Å². The molecule has 198 valence electrons. The molecule has 0 atom stereocenters. The Morgan fingerprint density at radius 2 is 1.88 bits per heavy atom. The third-order valence-electron chi connectivity index (χ3n) is 6.00. The van der Waals surface area contributed by atoms with Gasteiger partial charge < -0.3 is 11.5 Å². The van der Waals surface area contributed by atoms with Crippen LogP contribution in [0.1, 0.15) is 34.2 Å². The average Bonchev–Trinajstić information content (AvgIpc) is 3.57. The molecule has 40 heavy (non-hydrogen) atoms. The first-order chi connectivity index (χ1) is 19.4. The van der Waals surface area contributed by atoms with E-state index in [1.807, 2.05) is 55.9 Å². The van der Waals surface area contributed by atoms with Crippen LogP contribution in [0.3, 0.4) is 0 Å². The van der Waals surface area contributed by atoms with Crippen molar-refractivity contribution in [2.45, 2.75) is 13.3 Å². The molecule has 5 heterocycles. The zero-order valence-corrected chi connectivity index (χ0v) is 22.5. The fourth-order valence-corrected chi connectivity index (χ4v) is 4.98. The van der Waals surface area contributed by atoms with E-state index in [0.29, 0.717) is 28.2 Å². The normalized spacial score (nSPS) is 10.6. The topological polar surface area (TPSA) is 147 Å². The number of pyridine rings is 2. The van der Waals surface area contributed by atoms with Gasteiger partial charge in [0.1, 0.15) is 17.1 Å². The number of nitrogens with zero attached hydrogens (tertiary/aromatic N) is 6. The van der Waals surface area contributed by atoms with Crippen LogP contribution in [0.15, 0.2) is 77.4 Å². The average molecular weight is 549 g/mol. The van der Waals surface area contributed by atoms with Gasteiger partial charge >= 0.3 is 0 Å². The van der Waals surface area contributed by atoms with E-state index >= 15 is 0 Å². The van der Waals surface area contributed by atoms with Crippen molar-refractivity contribution in [2.24, 2.45) is 12.8 Å². The van der Waals surface area contributed by atoms with E-state index < -0.39 is 5.91 Å². The molecule has 10 nitrogen and oxygen atoms in total. The van der Waals surface area contributed by atoms with Crippen molar-refractivity contribution in [1.29, 1.82) is 0 Å². The lowest BCUT2D eigenvalue weighted by molar-refractivity contribution is 0.100. The summed E-state index contributed by atoms with van der Waals surface area (Å²) >= 11 is 1.43. The van der Waals surface area contributed by atoms with Gasteiger partial charge in [-0.3, -0.25) is 19.3 Å². The maximum Gasteiger partial charge on any atom is 0.267 e. The molecular weight excluding hydrogens is 524 g/mol. The number of benzene rings is 1. The fourth-order valence-electron chi connectivity index (χ4n) is 4.15. The number of nitrogen functional groups attached to an aromatic ring is 1. The van der Waals surface area contributed by atoms with Crippen molar-refractivity contribution in [3.05, 3.63) is 106 Å². The minimum atomic E-state index is -0.612. The Morgan fingerprint density at radius 3 is 2.58 bits per heavy atom. The summed E-state index contributed by atoms with van der Waals surface area (Å²) in [5, 5.41) is 6.73. The van der Waals surface area contributed by atoms with Crippen LogP contribution in [0.4, 0.5) is 5.82 Å². The summed E-state index contributed by atoms with van der Waals surface area (Å²) in [5.74, 6) is 5.65. The van der Waals surface area contributed by atoms with Crippen molar-refractivity contribution in [3.63, 3.8) is 0 Å². The third-order valence-corrected chi connectivity index (χ3v) is 6.83. The molecule has 0 saturated carbocycles. The predicted octanol–water partition coefficient (Wildman–Crippen LogP) is 3.43. The molecule has 6 aromatic rings. The highest BCUT2D eigenvalue weighted by Crippen LogP contribution is 2.22. The highest BCUT2D eigenvalue weighted by Gasteiger charge is 2.16. The van der Waals surface area contributed by atoms with Gasteiger partial charge in [0.25, 0.3) is 11.5 Å². The molecule has 0 aliphatic rings. The van der Waals surface area contributed by atoms with E-state index in [2.05, 4.69) is 26.9 Å². The SMILES string of the molecule is CCc1nc2scc(C#Cc3cnn(C)c3)n2c(=O)c1-c1ccccc1.NC(=O)c1c(N)ncc2cccnc12. The van der Waals surface area contributed by atoms with Crippen LogP contribution in [0, 0.1) is 11.8 Å². The maximum atomic E-state index is 13.3. The smallest absolute Gasteiger partial charge is 0.267 e. The Kier molecular flexibility index (Phi) is 7.35. The highest BCUT2D eigenvalue weighted by molar-refractivity contribution is 7.15. The Bertz CT molecular complexity index is 1980.